The van der Waals surface area contributed by atoms with E-state index in [2.05, 4.69) is 19.6 Å². The molecule has 0 spiro atoms. The summed E-state index contributed by atoms with van der Waals surface area (Å²) in [7, 11) is -3.56. The fourth-order valence-corrected chi connectivity index (χ4v) is 9.82. The Kier molecular flexibility index (Phi) is 4.46. The Bertz CT molecular complexity index is 301. The molecule has 1 saturated heterocycles. The average molecular weight is 298 g/mol. The van der Waals surface area contributed by atoms with Gasteiger partial charge in [0.15, 0.2) is 8.32 Å². The average Bonchev–Trinajstić information content (AvgIpc) is 2.65. The van der Waals surface area contributed by atoms with Gasteiger partial charge in [-0.1, -0.05) is 33.0 Å². The van der Waals surface area contributed by atoms with Crippen LogP contribution in [-0.4, -0.2) is 28.3 Å². The molecule has 4 unspecified atom stereocenters. The van der Waals surface area contributed by atoms with Crippen LogP contribution in [0, 0.1) is 0 Å². The maximum Gasteiger partial charge on any atom is 0.389 e. The predicted molar refractivity (Wildman–Crippen MR) is 74.0 cm³/mol. The van der Waals surface area contributed by atoms with Crippen molar-refractivity contribution in [2.75, 3.05) is 0 Å². The van der Waals surface area contributed by atoms with Crippen molar-refractivity contribution in [2.24, 2.45) is 0 Å². The van der Waals surface area contributed by atoms with Crippen molar-refractivity contribution in [1.29, 1.82) is 0 Å². The van der Waals surface area contributed by atoms with Gasteiger partial charge in [-0.25, -0.2) is 0 Å². The minimum atomic E-state index is -4.05. The quantitative estimate of drug-likeness (QED) is 0.652. The van der Waals surface area contributed by atoms with Crippen LogP contribution in [0.3, 0.4) is 0 Å². The molecule has 0 amide bonds. The number of hydrogen-bond donors (Lipinski definition) is 0. The molecule has 1 nitrogen and oxygen atoms in total. The zero-order valence-corrected chi connectivity index (χ0v) is 14.2. The van der Waals surface area contributed by atoms with E-state index in [0.717, 1.165) is 6.42 Å². The Balaban J connectivity index is 2.69. The topological polar surface area (TPSA) is 9.23 Å². The minimum Gasteiger partial charge on any atom is -0.417 e. The van der Waals surface area contributed by atoms with Crippen LogP contribution in [0.15, 0.2) is 0 Å². The van der Waals surface area contributed by atoms with Gasteiger partial charge in [0.05, 0.1) is 8.07 Å². The highest BCUT2D eigenvalue weighted by Crippen LogP contribution is 2.66. The molecular formula is C12H25F3OSi2. The highest BCUT2D eigenvalue weighted by atomic mass is 28.4. The molecule has 1 fully saturated rings. The first-order valence-electron chi connectivity index (χ1n) is 6.66. The van der Waals surface area contributed by atoms with E-state index in [1.807, 2.05) is 20.4 Å². The Morgan fingerprint density at radius 3 is 2.06 bits per heavy atom. The Morgan fingerprint density at radius 2 is 1.72 bits per heavy atom. The van der Waals surface area contributed by atoms with Crippen LogP contribution >= 0.6 is 0 Å². The van der Waals surface area contributed by atoms with Crippen LogP contribution in [0.5, 0.6) is 0 Å². The van der Waals surface area contributed by atoms with Crippen LogP contribution in [0.2, 0.25) is 37.3 Å². The molecular weight excluding hydrogens is 273 g/mol. The summed E-state index contributed by atoms with van der Waals surface area (Å²) in [5, 5.41) is 0. The Labute approximate surface area is 110 Å². The zero-order valence-electron chi connectivity index (χ0n) is 12.2. The SMILES string of the molecule is CCC1C(CC(F)(F)F)[Si]1(C)OC(C)[Si](C)(C)C. The summed E-state index contributed by atoms with van der Waals surface area (Å²) in [4.78, 5) is 0. The summed E-state index contributed by atoms with van der Waals surface area (Å²) in [6.07, 6.45) is -3.87. The largest absolute Gasteiger partial charge is 0.417 e. The molecule has 4 atom stereocenters. The van der Waals surface area contributed by atoms with E-state index in [9.17, 15) is 13.2 Å². The van der Waals surface area contributed by atoms with Crippen LogP contribution in [-0.2, 0) is 4.43 Å². The number of alkyl halides is 3. The van der Waals surface area contributed by atoms with Gasteiger partial charge in [-0.15, -0.1) is 0 Å². The van der Waals surface area contributed by atoms with Crippen molar-refractivity contribution in [3.05, 3.63) is 0 Å². The van der Waals surface area contributed by atoms with Gasteiger partial charge in [0, 0.05) is 12.1 Å². The van der Waals surface area contributed by atoms with Crippen molar-refractivity contribution in [1.82, 2.24) is 0 Å². The van der Waals surface area contributed by atoms with E-state index < -0.39 is 29.0 Å². The molecule has 1 aliphatic heterocycles. The second-order valence-corrected chi connectivity index (χ2v) is 16.4. The fraction of sp³-hybridized carbons (Fsp3) is 1.00. The monoisotopic (exact) mass is 298 g/mol. The van der Waals surface area contributed by atoms with Gasteiger partial charge in [0.25, 0.3) is 0 Å². The van der Waals surface area contributed by atoms with Crippen molar-refractivity contribution < 1.29 is 17.6 Å². The first-order chi connectivity index (χ1) is 7.92. The molecule has 1 aliphatic rings. The number of halogens is 3. The van der Waals surface area contributed by atoms with Gasteiger partial charge in [-0.05, 0) is 24.6 Å². The molecule has 18 heavy (non-hydrogen) atoms. The van der Waals surface area contributed by atoms with E-state index in [4.69, 9.17) is 4.43 Å². The molecule has 0 saturated carbocycles. The molecule has 0 radical (unpaired) electrons. The van der Waals surface area contributed by atoms with Crippen molar-refractivity contribution in [2.45, 2.75) is 75.9 Å². The molecule has 0 aliphatic carbocycles. The first-order valence-corrected chi connectivity index (χ1v) is 12.8. The molecule has 1 rings (SSSR count). The third kappa shape index (κ3) is 3.60. The lowest BCUT2D eigenvalue weighted by Crippen LogP contribution is -2.42. The van der Waals surface area contributed by atoms with E-state index in [-0.39, 0.29) is 16.8 Å². The normalized spacial score (nSPS) is 34.5. The highest BCUT2D eigenvalue weighted by molar-refractivity contribution is 6.88. The van der Waals surface area contributed by atoms with Gasteiger partial charge in [0.1, 0.15) is 0 Å². The summed E-state index contributed by atoms with van der Waals surface area (Å²) >= 11 is 0. The van der Waals surface area contributed by atoms with Gasteiger partial charge in [-0.3, -0.25) is 0 Å². The number of hydrogen-bond acceptors (Lipinski definition) is 1. The molecule has 0 aromatic carbocycles. The molecule has 1 heterocycles. The Hall–Kier alpha value is 0.184. The maximum absolute atomic E-state index is 12.5. The highest BCUT2D eigenvalue weighted by Gasteiger charge is 2.67. The lowest BCUT2D eigenvalue weighted by Gasteiger charge is -2.29. The molecule has 0 N–H and O–H groups in total. The molecule has 0 bridgehead atoms. The summed E-state index contributed by atoms with van der Waals surface area (Å²) in [5.41, 5.74) is 0.126. The number of rotatable bonds is 5. The predicted octanol–water partition coefficient (Wildman–Crippen LogP) is 4.96. The van der Waals surface area contributed by atoms with Crippen LogP contribution in [0.25, 0.3) is 0 Å². The first kappa shape index (κ1) is 16.2. The van der Waals surface area contributed by atoms with Crippen molar-refractivity contribution in [3.8, 4) is 0 Å². The summed E-state index contributed by atoms with van der Waals surface area (Å²) in [6, 6.07) is 0. The van der Waals surface area contributed by atoms with Crippen molar-refractivity contribution >= 4 is 16.4 Å². The lowest BCUT2D eigenvalue weighted by atomic mass is 10.2. The third-order valence-electron chi connectivity index (χ3n) is 4.39. The molecule has 6 heteroatoms. The van der Waals surface area contributed by atoms with Gasteiger partial charge >= 0.3 is 6.18 Å². The lowest BCUT2D eigenvalue weighted by molar-refractivity contribution is -0.133. The zero-order chi connectivity index (χ0) is 14.4. The smallest absolute Gasteiger partial charge is 0.389 e. The van der Waals surface area contributed by atoms with Crippen molar-refractivity contribution in [3.63, 3.8) is 0 Å². The third-order valence-corrected chi connectivity index (χ3v) is 12.0. The molecule has 0 aromatic heterocycles. The van der Waals surface area contributed by atoms with Gasteiger partial charge < -0.3 is 4.43 Å². The summed E-state index contributed by atoms with van der Waals surface area (Å²) < 4.78 is 43.8. The van der Waals surface area contributed by atoms with Crippen LogP contribution in [0.4, 0.5) is 13.2 Å². The van der Waals surface area contributed by atoms with Crippen LogP contribution in [0.1, 0.15) is 26.7 Å². The second-order valence-electron chi connectivity index (χ2n) is 6.75. The van der Waals surface area contributed by atoms with E-state index >= 15 is 0 Å². The van der Waals surface area contributed by atoms with E-state index in [1.54, 1.807) is 0 Å². The maximum atomic E-state index is 12.5. The summed E-state index contributed by atoms with van der Waals surface area (Å²) in [5.74, 6) is 0. The van der Waals surface area contributed by atoms with Crippen LogP contribution < -0.4 is 0 Å². The fourth-order valence-electron chi connectivity index (χ4n) is 2.69. The molecule has 108 valence electrons. The molecule has 0 aromatic rings. The summed E-state index contributed by atoms with van der Waals surface area (Å²) in [6.45, 7) is 12.6. The standard InChI is InChI=1S/C12H25F3OSi2/c1-7-10-11(8-12(13,14)15)18(10,6)16-9(2)17(3,4)5/h9-11H,7-8H2,1-6H3. The van der Waals surface area contributed by atoms with E-state index in [0.29, 0.717) is 0 Å². The second kappa shape index (κ2) is 4.94. The minimum absolute atomic E-state index is 0.154. The van der Waals surface area contributed by atoms with E-state index in [1.165, 1.54) is 0 Å². The Morgan fingerprint density at radius 1 is 1.22 bits per heavy atom. The van der Waals surface area contributed by atoms with Gasteiger partial charge in [0.2, 0.25) is 0 Å². The van der Waals surface area contributed by atoms with Gasteiger partial charge in [-0.2, -0.15) is 13.2 Å².